The van der Waals surface area contributed by atoms with Gasteiger partial charge in [0.05, 0.1) is 5.52 Å². The normalized spacial score (nSPS) is 10.9. The molecule has 118 valence electrons. The zero-order valence-electron chi connectivity index (χ0n) is 12.9. The molecule has 0 radical (unpaired) electrons. The Hall–Kier alpha value is -3.48. The molecule has 4 rings (SSSR count). The zero-order valence-corrected chi connectivity index (χ0v) is 12.9. The lowest BCUT2D eigenvalue weighted by Crippen LogP contribution is -2.12. The second kappa shape index (κ2) is 5.62. The van der Waals surface area contributed by atoms with E-state index >= 15 is 0 Å². The lowest BCUT2D eigenvalue weighted by molar-refractivity contribution is 0.102. The van der Waals surface area contributed by atoms with Crippen molar-refractivity contribution in [3.63, 3.8) is 0 Å². The molecule has 24 heavy (non-hydrogen) atoms. The van der Waals surface area contributed by atoms with Crippen LogP contribution in [0, 0.1) is 6.92 Å². The molecule has 0 atom stereocenters. The summed E-state index contributed by atoms with van der Waals surface area (Å²) in [7, 11) is 0. The number of carbonyl (C=O) groups is 1. The first-order valence-corrected chi connectivity index (χ1v) is 7.44. The highest BCUT2D eigenvalue weighted by Gasteiger charge is 2.14. The molecule has 7 heteroatoms. The van der Waals surface area contributed by atoms with Crippen LogP contribution in [-0.4, -0.2) is 31.3 Å². The van der Waals surface area contributed by atoms with Crippen molar-refractivity contribution >= 4 is 22.5 Å². The average Bonchev–Trinajstić information content (AvgIpc) is 3.21. The maximum absolute atomic E-state index is 12.5. The minimum Gasteiger partial charge on any atom is -0.321 e. The Morgan fingerprint density at radius 2 is 1.92 bits per heavy atom. The smallest absolute Gasteiger partial charge is 0.276 e. The molecule has 2 aromatic carbocycles. The van der Waals surface area contributed by atoms with Gasteiger partial charge in [-0.25, -0.2) is 4.98 Å². The van der Waals surface area contributed by atoms with E-state index in [-0.39, 0.29) is 5.91 Å². The van der Waals surface area contributed by atoms with Gasteiger partial charge in [-0.2, -0.15) is 10.2 Å². The highest BCUT2D eigenvalue weighted by atomic mass is 16.1. The summed E-state index contributed by atoms with van der Waals surface area (Å²) >= 11 is 0. The van der Waals surface area contributed by atoms with E-state index in [4.69, 9.17) is 0 Å². The van der Waals surface area contributed by atoms with E-state index < -0.39 is 0 Å². The summed E-state index contributed by atoms with van der Waals surface area (Å²) in [5.74, 6) is 1.06. The first-order valence-electron chi connectivity index (χ1n) is 7.44. The van der Waals surface area contributed by atoms with Gasteiger partial charge in [-0.3, -0.25) is 15.0 Å². The van der Waals surface area contributed by atoms with Crippen molar-refractivity contribution in [3.8, 4) is 11.4 Å². The van der Waals surface area contributed by atoms with E-state index in [1.807, 2.05) is 55.5 Å². The molecule has 0 unspecified atom stereocenters. The number of aryl methyl sites for hydroxylation is 1. The second-order valence-electron chi connectivity index (χ2n) is 5.40. The number of H-pyrrole nitrogens is 2. The van der Waals surface area contributed by atoms with Crippen molar-refractivity contribution in [2.24, 2.45) is 0 Å². The summed E-state index contributed by atoms with van der Waals surface area (Å²) in [4.78, 5) is 16.8. The standard InChI is InChI=1S/C17H14N6O/c1-10-18-16(23-20-10)11-5-4-6-12(9-11)19-17(24)15-13-7-2-3-8-14(13)21-22-15/h2-9H,1H3,(H,19,24)(H,21,22)(H,18,20,23). The number of fused-ring (bicyclic) bond motifs is 1. The Kier molecular flexibility index (Phi) is 3.31. The first-order chi connectivity index (χ1) is 11.7. The van der Waals surface area contributed by atoms with Crippen LogP contribution in [-0.2, 0) is 0 Å². The fourth-order valence-corrected chi connectivity index (χ4v) is 2.53. The molecule has 0 fully saturated rings. The maximum atomic E-state index is 12.5. The number of aromatic amines is 2. The zero-order chi connectivity index (χ0) is 16.5. The number of aromatic nitrogens is 5. The molecule has 7 nitrogen and oxygen atoms in total. The fourth-order valence-electron chi connectivity index (χ4n) is 2.53. The van der Waals surface area contributed by atoms with Crippen LogP contribution in [0.1, 0.15) is 16.3 Å². The lowest BCUT2D eigenvalue weighted by atomic mass is 10.1. The molecule has 2 aromatic heterocycles. The number of carbonyl (C=O) groups excluding carboxylic acids is 1. The van der Waals surface area contributed by atoms with Gasteiger partial charge in [0.15, 0.2) is 11.5 Å². The Labute approximate surface area is 137 Å². The Balaban J connectivity index is 1.62. The van der Waals surface area contributed by atoms with Crippen LogP contribution in [0.4, 0.5) is 5.69 Å². The summed E-state index contributed by atoms with van der Waals surface area (Å²) < 4.78 is 0. The van der Waals surface area contributed by atoms with Crippen molar-refractivity contribution in [2.75, 3.05) is 5.32 Å². The van der Waals surface area contributed by atoms with Gasteiger partial charge >= 0.3 is 0 Å². The van der Waals surface area contributed by atoms with Crippen molar-refractivity contribution in [1.82, 2.24) is 25.4 Å². The van der Waals surface area contributed by atoms with Gasteiger partial charge in [0.25, 0.3) is 5.91 Å². The molecular formula is C17H14N6O. The number of benzene rings is 2. The highest BCUT2D eigenvalue weighted by Crippen LogP contribution is 2.21. The van der Waals surface area contributed by atoms with Gasteiger partial charge in [-0.1, -0.05) is 30.3 Å². The second-order valence-corrected chi connectivity index (χ2v) is 5.40. The molecule has 0 bridgehead atoms. The Morgan fingerprint density at radius 1 is 1.04 bits per heavy atom. The number of rotatable bonds is 3. The maximum Gasteiger partial charge on any atom is 0.276 e. The molecule has 2 heterocycles. The summed E-state index contributed by atoms with van der Waals surface area (Å²) in [6.07, 6.45) is 0. The van der Waals surface area contributed by atoms with Crippen LogP contribution in [0.2, 0.25) is 0 Å². The van der Waals surface area contributed by atoms with E-state index in [1.165, 1.54) is 0 Å². The third kappa shape index (κ3) is 2.52. The summed E-state index contributed by atoms with van der Waals surface area (Å²) in [5, 5.41) is 17.6. The van der Waals surface area contributed by atoms with E-state index in [0.717, 1.165) is 22.3 Å². The fraction of sp³-hybridized carbons (Fsp3) is 0.0588. The third-order valence-corrected chi connectivity index (χ3v) is 3.66. The first kappa shape index (κ1) is 14.1. The number of nitrogens with one attached hydrogen (secondary N) is 3. The molecule has 0 aliphatic heterocycles. The molecule has 0 saturated carbocycles. The largest absolute Gasteiger partial charge is 0.321 e. The van der Waals surface area contributed by atoms with Gasteiger partial charge in [0.2, 0.25) is 0 Å². The van der Waals surface area contributed by atoms with Crippen LogP contribution >= 0.6 is 0 Å². The summed E-state index contributed by atoms with van der Waals surface area (Å²) in [5.41, 5.74) is 2.67. The number of anilines is 1. The van der Waals surface area contributed by atoms with Crippen molar-refractivity contribution in [1.29, 1.82) is 0 Å². The number of nitrogens with zero attached hydrogens (tertiary/aromatic N) is 3. The molecule has 1 amide bonds. The van der Waals surface area contributed by atoms with Crippen LogP contribution in [0.15, 0.2) is 48.5 Å². The SMILES string of the molecule is Cc1nc(-c2cccc(NC(=O)c3n[nH]c4ccccc34)c2)n[nH]1. The quantitative estimate of drug-likeness (QED) is 0.541. The number of para-hydroxylation sites is 1. The number of hydrogen-bond acceptors (Lipinski definition) is 4. The van der Waals surface area contributed by atoms with Crippen molar-refractivity contribution < 1.29 is 4.79 Å². The molecular weight excluding hydrogens is 304 g/mol. The van der Waals surface area contributed by atoms with E-state index in [1.54, 1.807) is 0 Å². The van der Waals surface area contributed by atoms with Crippen molar-refractivity contribution in [2.45, 2.75) is 6.92 Å². The van der Waals surface area contributed by atoms with Crippen LogP contribution in [0.25, 0.3) is 22.3 Å². The van der Waals surface area contributed by atoms with E-state index in [2.05, 4.69) is 30.7 Å². The van der Waals surface area contributed by atoms with E-state index in [9.17, 15) is 4.79 Å². The van der Waals surface area contributed by atoms with E-state index in [0.29, 0.717) is 17.2 Å². The number of hydrogen-bond donors (Lipinski definition) is 3. The van der Waals surface area contributed by atoms with Gasteiger partial charge in [0.1, 0.15) is 5.82 Å². The van der Waals surface area contributed by atoms with Crippen LogP contribution in [0.5, 0.6) is 0 Å². The van der Waals surface area contributed by atoms with Gasteiger partial charge in [0, 0.05) is 16.6 Å². The Morgan fingerprint density at radius 3 is 2.75 bits per heavy atom. The van der Waals surface area contributed by atoms with Crippen LogP contribution < -0.4 is 5.32 Å². The van der Waals surface area contributed by atoms with Crippen molar-refractivity contribution in [3.05, 3.63) is 60.0 Å². The average molecular weight is 318 g/mol. The molecule has 0 saturated heterocycles. The van der Waals surface area contributed by atoms with Gasteiger partial charge in [-0.15, -0.1) is 0 Å². The third-order valence-electron chi connectivity index (χ3n) is 3.66. The predicted octanol–water partition coefficient (Wildman–Crippen LogP) is 2.91. The topological polar surface area (TPSA) is 99.3 Å². The molecule has 4 aromatic rings. The molecule has 0 aliphatic carbocycles. The molecule has 3 N–H and O–H groups in total. The summed E-state index contributed by atoms with van der Waals surface area (Å²) in [6, 6.07) is 14.9. The van der Waals surface area contributed by atoms with Gasteiger partial charge < -0.3 is 5.32 Å². The molecule has 0 spiro atoms. The number of amides is 1. The summed E-state index contributed by atoms with van der Waals surface area (Å²) in [6.45, 7) is 1.84. The Bertz CT molecular complexity index is 1030. The van der Waals surface area contributed by atoms with Gasteiger partial charge in [-0.05, 0) is 25.1 Å². The predicted molar refractivity (Wildman–Crippen MR) is 90.6 cm³/mol. The van der Waals surface area contributed by atoms with Crippen LogP contribution in [0.3, 0.4) is 0 Å². The molecule has 0 aliphatic rings. The minimum atomic E-state index is -0.268. The lowest BCUT2D eigenvalue weighted by Gasteiger charge is -2.05. The minimum absolute atomic E-state index is 0.268. The highest BCUT2D eigenvalue weighted by molar-refractivity contribution is 6.11. The monoisotopic (exact) mass is 318 g/mol.